The Morgan fingerprint density at radius 1 is 1.09 bits per heavy atom. The van der Waals surface area contributed by atoms with Crippen molar-refractivity contribution in [3.05, 3.63) is 81.9 Å². The molecule has 2 heterocycles. The zero-order valence-corrected chi connectivity index (χ0v) is 20.0. The van der Waals surface area contributed by atoms with Crippen LogP contribution in [0.2, 0.25) is 0 Å². The topological polar surface area (TPSA) is 91.7 Å². The maximum Gasteiger partial charge on any atom is 0.287 e. The molecule has 0 saturated heterocycles. The Kier molecular flexibility index (Phi) is 7.80. The molecule has 1 saturated carbocycles. The number of carbonyl (C=O) groups is 3. The molecule has 1 fully saturated rings. The van der Waals surface area contributed by atoms with Crippen molar-refractivity contribution in [1.29, 1.82) is 0 Å². The van der Waals surface area contributed by atoms with Crippen LogP contribution in [0.1, 0.15) is 58.3 Å². The Morgan fingerprint density at radius 3 is 2.56 bits per heavy atom. The van der Waals surface area contributed by atoms with E-state index < -0.39 is 11.9 Å². The Bertz CT molecular complexity index is 1110. The fraction of sp³-hybridized carbons (Fsp3) is 0.346. The third-order valence-electron chi connectivity index (χ3n) is 6.12. The minimum atomic E-state index is -0.808. The van der Waals surface area contributed by atoms with Crippen LogP contribution >= 0.6 is 11.3 Å². The number of aryl methyl sites for hydroxylation is 1. The molecule has 1 aliphatic carbocycles. The summed E-state index contributed by atoms with van der Waals surface area (Å²) in [6.45, 7) is 1.96. The van der Waals surface area contributed by atoms with Gasteiger partial charge in [0.05, 0.1) is 19.4 Å². The molecule has 1 unspecified atom stereocenters. The first-order chi connectivity index (χ1) is 16.5. The molecular formula is C26H29N3O4S. The van der Waals surface area contributed by atoms with Crippen molar-refractivity contribution in [1.82, 2.24) is 15.5 Å². The Balaban J connectivity index is 1.62. The summed E-state index contributed by atoms with van der Waals surface area (Å²) in [6.07, 6.45) is 5.49. The van der Waals surface area contributed by atoms with Gasteiger partial charge in [-0.2, -0.15) is 0 Å². The van der Waals surface area contributed by atoms with Crippen LogP contribution in [0, 0.1) is 6.92 Å². The van der Waals surface area contributed by atoms with Gasteiger partial charge in [0.15, 0.2) is 5.76 Å². The Labute approximate surface area is 203 Å². The van der Waals surface area contributed by atoms with Crippen molar-refractivity contribution < 1.29 is 18.8 Å². The standard InChI is InChI=1S/C26H29N3O4S/c1-18-8-2-5-12-21(18)24(26(32)28-19-9-3-4-10-19)29(17-20-11-7-15-34-20)23(30)16-27-25(31)22-13-6-14-33-22/h2,5-8,11-15,19,24H,3-4,9-10,16-17H2,1H3,(H,27,31)(H,28,32). The van der Waals surface area contributed by atoms with Gasteiger partial charge < -0.3 is 20.0 Å². The first kappa shape index (κ1) is 23.8. The molecule has 0 aliphatic heterocycles. The maximum atomic E-state index is 13.6. The van der Waals surface area contributed by atoms with E-state index >= 15 is 0 Å². The van der Waals surface area contributed by atoms with Gasteiger partial charge in [0.25, 0.3) is 5.91 Å². The smallest absolute Gasteiger partial charge is 0.287 e. The van der Waals surface area contributed by atoms with Crippen LogP contribution in [-0.4, -0.2) is 35.2 Å². The summed E-state index contributed by atoms with van der Waals surface area (Å²) >= 11 is 1.52. The van der Waals surface area contributed by atoms with Crippen LogP contribution in [0.4, 0.5) is 0 Å². The van der Waals surface area contributed by atoms with E-state index in [-0.39, 0.29) is 36.7 Å². The molecule has 34 heavy (non-hydrogen) atoms. The molecule has 1 atom stereocenters. The van der Waals surface area contributed by atoms with E-state index in [1.807, 2.05) is 48.7 Å². The molecule has 0 radical (unpaired) electrons. The maximum absolute atomic E-state index is 13.6. The summed E-state index contributed by atoms with van der Waals surface area (Å²) in [7, 11) is 0. The molecule has 3 aromatic rings. The summed E-state index contributed by atoms with van der Waals surface area (Å²) < 4.78 is 5.12. The Hall–Kier alpha value is -3.39. The number of amides is 3. The lowest BCUT2D eigenvalue weighted by molar-refractivity contribution is -0.141. The summed E-state index contributed by atoms with van der Waals surface area (Å²) in [5.41, 5.74) is 1.71. The first-order valence-corrected chi connectivity index (χ1v) is 12.4. The number of hydrogen-bond donors (Lipinski definition) is 2. The number of thiophene rings is 1. The molecular weight excluding hydrogens is 450 g/mol. The fourth-order valence-electron chi connectivity index (χ4n) is 4.34. The van der Waals surface area contributed by atoms with E-state index in [4.69, 9.17) is 4.42 Å². The summed E-state index contributed by atoms with van der Waals surface area (Å²) in [6, 6.07) is 14.0. The third kappa shape index (κ3) is 5.75. The highest BCUT2D eigenvalue weighted by Gasteiger charge is 2.34. The van der Waals surface area contributed by atoms with Gasteiger partial charge in [-0.1, -0.05) is 43.2 Å². The predicted octanol–water partition coefficient (Wildman–Crippen LogP) is 4.21. The molecule has 8 heteroatoms. The number of benzene rings is 1. The van der Waals surface area contributed by atoms with Crippen molar-refractivity contribution in [2.75, 3.05) is 6.54 Å². The lowest BCUT2D eigenvalue weighted by Gasteiger charge is -2.33. The second-order valence-corrected chi connectivity index (χ2v) is 9.54. The van der Waals surface area contributed by atoms with Gasteiger partial charge in [-0.15, -0.1) is 11.3 Å². The lowest BCUT2D eigenvalue weighted by atomic mass is 9.98. The minimum absolute atomic E-state index is 0.122. The van der Waals surface area contributed by atoms with Crippen LogP contribution in [0.15, 0.2) is 64.6 Å². The van der Waals surface area contributed by atoms with Crippen LogP contribution in [0.3, 0.4) is 0 Å². The second kappa shape index (κ2) is 11.2. The number of rotatable bonds is 9. The van der Waals surface area contributed by atoms with Crippen molar-refractivity contribution in [3.63, 3.8) is 0 Å². The molecule has 1 aliphatic rings. The molecule has 0 bridgehead atoms. The van der Waals surface area contributed by atoms with Gasteiger partial charge in [-0.05, 0) is 54.5 Å². The monoisotopic (exact) mass is 479 g/mol. The zero-order chi connectivity index (χ0) is 23.9. The highest BCUT2D eigenvalue weighted by molar-refractivity contribution is 7.09. The zero-order valence-electron chi connectivity index (χ0n) is 19.2. The highest BCUT2D eigenvalue weighted by Crippen LogP contribution is 2.28. The van der Waals surface area contributed by atoms with Crippen molar-refractivity contribution >= 4 is 29.1 Å². The number of carbonyl (C=O) groups excluding carboxylic acids is 3. The van der Waals surface area contributed by atoms with E-state index in [9.17, 15) is 14.4 Å². The molecule has 4 rings (SSSR count). The molecule has 178 valence electrons. The molecule has 2 N–H and O–H groups in total. The molecule has 3 amide bonds. The number of furan rings is 1. The summed E-state index contributed by atoms with van der Waals surface area (Å²) in [4.78, 5) is 42.0. The fourth-order valence-corrected chi connectivity index (χ4v) is 5.04. The average molecular weight is 480 g/mol. The largest absolute Gasteiger partial charge is 0.459 e. The van der Waals surface area contributed by atoms with Gasteiger partial charge in [0.1, 0.15) is 6.04 Å². The second-order valence-electron chi connectivity index (χ2n) is 8.51. The summed E-state index contributed by atoms with van der Waals surface area (Å²) in [5.74, 6) is -0.879. The molecule has 0 spiro atoms. The summed E-state index contributed by atoms with van der Waals surface area (Å²) in [5, 5.41) is 7.74. The highest BCUT2D eigenvalue weighted by atomic mass is 32.1. The number of hydrogen-bond acceptors (Lipinski definition) is 5. The van der Waals surface area contributed by atoms with Crippen molar-refractivity contribution in [2.45, 2.75) is 51.2 Å². The van der Waals surface area contributed by atoms with Gasteiger partial charge in [-0.25, -0.2) is 0 Å². The van der Waals surface area contributed by atoms with Crippen molar-refractivity contribution in [2.24, 2.45) is 0 Å². The van der Waals surface area contributed by atoms with E-state index in [0.717, 1.165) is 41.7 Å². The van der Waals surface area contributed by atoms with Gasteiger partial charge in [-0.3, -0.25) is 14.4 Å². The lowest BCUT2D eigenvalue weighted by Crippen LogP contribution is -2.48. The van der Waals surface area contributed by atoms with Crippen LogP contribution in [-0.2, 0) is 16.1 Å². The van der Waals surface area contributed by atoms with Crippen LogP contribution in [0.5, 0.6) is 0 Å². The molecule has 2 aromatic heterocycles. The first-order valence-electron chi connectivity index (χ1n) is 11.5. The van der Waals surface area contributed by atoms with Gasteiger partial charge in [0.2, 0.25) is 11.8 Å². The average Bonchev–Trinajstić information content (AvgIpc) is 3.62. The minimum Gasteiger partial charge on any atom is -0.459 e. The molecule has 7 nitrogen and oxygen atoms in total. The van der Waals surface area contributed by atoms with Crippen LogP contribution < -0.4 is 10.6 Å². The predicted molar refractivity (Wildman–Crippen MR) is 130 cm³/mol. The normalized spacial score (nSPS) is 14.5. The molecule has 1 aromatic carbocycles. The van der Waals surface area contributed by atoms with E-state index in [1.54, 1.807) is 11.0 Å². The van der Waals surface area contributed by atoms with Crippen LogP contribution in [0.25, 0.3) is 0 Å². The van der Waals surface area contributed by atoms with E-state index in [1.165, 1.54) is 23.7 Å². The van der Waals surface area contributed by atoms with Gasteiger partial charge >= 0.3 is 0 Å². The number of nitrogens with one attached hydrogen (secondary N) is 2. The van der Waals surface area contributed by atoms with Crippen molar-refractivity contribution in [3.8, 4) is 0 Å². The Morgan fingerprint density at radius 2 is 1.88 bits per heavy atom. The van der Waals surface area contributed by atoms with E-state index in [2.05, 4.69) is 10.6 Å². The van der Waals surface area contributed by atoms with E-state index in [0.29, 0.717) is 0 Å². The third-order valence-corrected chi connectivity index (χ3v) is 6.98. The SMILES string of the molecule is Cc1ccccc1C(C(=O)NC1CCCC1)N(Cc1cccs1)C(=O)CNC(=O)c1ccco1. The number of nitrogens with zero attached hydrogens (tertiary/aromatic N) is 1. The van der Waals surface area contributed by atoms with Gasteiger partial charge in [0, 0.05) is 10.9 Å². The quantitative estimate of drug-likeness (QED) is 0.481.